The molecule has 0 saturated heterocycles. The summed E-state index contributed by atoms with van der Waals surface area (Å²) in [5, 5.41) is 3.13. The zero-order chi connectivity index (χ0) is 22.6. The molecule has 0 aromatic heterocycles. The van der Waals surface area contributed by atoms with Gasteiger partial charge in [-0.2, -0.15) is 0 Å². The Morgan fingerprint density at radius 1 is 1.00 bits per heavy atom. The lowest BCUT2D eigenvalue weighted by Crippen LogP contribution is -2.18. The van der Waals surface area contributed by atoms with E-state index in [4.69, 9.17) is 21.1 Å². The Balaban J connectivity index is 2.03. The van der Waals surface area contributed by atoms with Crippen LogP contribution in [-0.2, 0) is 10.0 Å². The quantitative estimate of drug-likeness (QED) is 0.535. The van der Waals surface area contributed by atoms with Crippen molar-refractivity contribution >= 4 is 38.9 Å². The van der Waals surface area contributed by atoms with Gasteiger partial charge < -0.3 is 14.8 Å². The van der Waals surface area contributed by atoms with Crippen LogP contribution in [0.15, 0.2) is 65.6 Å². The van der Waals surface area contributed by atoms with Crippen LogP contribution >= 0.6 is 11.6 Å². The third-order valence-corrected chi connectivity index (χ3v) is 5.82. The SMILES string of the molecule is COc1cc(S(=O)(=O)Nc2ccccc2F)cc(C(=O)Nc2ccc(Cl)cc2)c1OC. The largest absolute Gasteiger partial charge is 0.493 e. The molecule has 0 heterocycles. The topological polar surface area (TPSA) is 93.7 Å². The minimum absolute atomic E-state index is 0.0140. The second-order valence-electron chi connectivity index (χ2n) is 6.25. The highest BCUT2D eigenvalue weighted by Crippen LogP contribution is 2.35. The smallest absolute Gasteiger partial charge is 0.262 e. The summed E-state index contributed by atoms with van der Waals surface area (Å²) in [5.41, 5.74) is 0.114. The van der Waals surface area contributed by atoms with Crippen LogP contribution in [0.5, 0.6) is 11.5 Å². The monoisotopic (exact) mass is 464 g/mol. The molecule has 0 fully saturated rings. The molecule has 0 atom stereocenters. The van der Waals surface area contributed by atoms with Gasteiger partial charge in [-0.1, -0.05) is 23.7 Å². The lowest BCUT2D eigenvalue weighted by molar-refractivity contribution is 0.102. The van der Waals surface area contributed by atoms with Crippen LogP contribution < -0.4 is 19.5 Å². The van der Waals surface area contributed by atoms with Gasteiger partial charge in [0, 0.05) is 16.8 Å². The molecule has 0 aliphatic heterocycles. The van der Waals surface area contributed by atoms with Crippen molar-refractivity contribution in [2.45, 2.75) is 4.90 Å². The van der Waals surface area contributed by atoms with Crippen LogP contribution in [0.25, 0.3) is 0 Å². The van der Waals surface area contributed by atoms with Gasteiger partial charge in [0.25, 0.3) is 15.9 Å². The number of anilines is 2. The molecule has 10 heteroatoms. The summed E-state index contributed by atoms with van der Waals surface area (Å²) in [4.78, 5) is 12.6. The number of carbonyl (C=O) groups is 1. The summed E-state index contributed by atoms with van der Waals surface area (Å²) in [7, 11) is -1.62. The van der Waals surface area contributed by atoms with E-state index < -0.39 is 21.7 Å². The molecule has 0 bridgehead atoms. The molecule has 0 radical (unpaired) electrons. The van der Waals surface area contributed by atoms with Crippen molar-refractivity contribution in [1.29, 1.82) is 0 Å². The number of methoxy groups -OCH3 is 2. The van der Waals surface area contributed by atoms with Gasteiger partial charge in [-0.05, 0) is 42.5 Å². The number of halogens is 2. The molecule has 3 aromatic carbocycles. The Hall–Kier alpha value is -3.30. The van der Waals surface area contributed by atoms with Crippen molar-refractivity contribution in [2.24, 2.45) is 0 Å². The first-order chi connectivity index (χ1) is 14.7. The van der Waals surface area contributed by atoms with Gasteiger partial charge in [0.15, 0.2) is 11.5 Å². The molecular formula is C21H18ClFN2O5S. The lowest BCUT2D eigenvalue weighted by Gasteiger charge is -2.16. The molecule has 31 heavy (non-hydrogen) atoms. The fraction of sp³-hybridized carbons (Fsp3) is 0.0952. The molecule has 0 unspecified atom stereocenters. The lowest BCUT2D eigenvalue weighted by atomic mass is 10.1. The summed E-state index contributed by atoms with van der Waals surface area (Å²) in [6.45, 7) is 0. The van der Waals surface area contributed by atoms with Gasteiger partial charge in [0.05, 0.1) is 30.4 Å². The van der Waals surface area contributed by atoms with Crippen LogP contribution in [-0.4, -0.2) is 28.5 Å². The Morgan fingerprint density at radius 2 is 1.68 bits per heavy atom. The zero-order valence-electron chi connectivity index (χ0n) is 16.5. The van der Waals surface area contributed by atoms with E-state index in [2.05, 4.69) is 10.0 Å². The predicted octanol–water partition coefficient (Wildman–Crippen LogP) is 4.55. The van der Waals surface area contributed by atoms with E-state index in [-0.39, 0.29) is 27.6 Å². The van der Waals surface area contributed by atoms with Crippen molar-refractivity contribution in [3.8, 4) is 11.5 Å². The fourth-order valence-electron chi connectivity index (χ4n) is 2.74. The summed E-state index contributed by atoms with van der Waals surface area (Å²) in [5.74, 6) is -1.33. The van der Waals surface area contributed by atoms with E-state index in [1.54, 1.807) is 24.3 Å². The number of hydrogen-bond donors (Lipinski definition) is 2. The summed E-state index contributed by atoms with van der Waals surface area (Å²) in [6.07, 6.45) is 0. The fourth-order valence-corrected chi connectivity index (χ4v) is 3.98. The van der Waals surface area contributed by atoms with Gasteiger partial charge >= 0.3 is 0 Å². The first kappa shape index (κ1) is 22.4. The Bertz CT molecular complexity index is 1220. The number of amides is 1. The van der Waals surface area contributed by atoms with Gasteiger partial charge in [-0.25, -0.2) is 12.8 Å². The third-order valence-electron chi connectivity index (χ3n) is 4.23. The van der Waals surface area contributed by atoms with Crippen molar-refractivity contribution in [2.75, 3.05) is 24.3 Å². The highest BCUT2D eigenvalue weighted by atomic mass is 35.5. The number of ether oxygens (including phenoxy) is 2. The third kappa shape index (κ3) is 5.07. The summed E-state index contributed by atoms with van der Waals surface area (Å²) in [6, 6.07) is 14.0. The molecule has 0 aliphatic carbocycles. The van der Waals surface area contributed by atoms with Crippen LogP contribution in [0.1, 0.15) is 10.4 Å². The number of carbonyl (C=O) groups excluding carboxylic acids is 1. The van der Waals surface area contributed by atoms with Crippen LogP contribution in [0.4, 0.5) is 15.8 Å². The summed E-state index contributed by atoms with van der Waals surface area (Å²) >= 11 is 5.85. The standard InChI is InChI=1S/C21H18ClFN2O5S/c1-29-19-12-15(31(27,28)25-18-6-4-3-5-17(18)23)11-16(20(19)30-2)21(26)24-14-9-7-13(22)8-10-14/h3-12,25H,1-2H3,(H,24,26). The molecule has 2 N–H and O–H groups in total. The van der Waals surface area contributed by atoms with Gasteiger partial charge in [0.1, 0.15) is 5.82 Å². The zero-order valence-corrected chi connectivity index (χ0v) is 18.1. The Labute approximate surface area is 183 Å². The normalized spacial score (nSPS) is 11.0. The van der Waals surface area contributed by atoms with Gasteiger partial charge in [0.2, 0.25) is 0 Å². The molecule has 162 valence electrons. The molecule has 3 rings (SSSR count). The van der Waals surface area contributed by atoms with E-state index >= 15 is 0 Å². The highest BCUT2D eigenvalue weighted by molar-refractivity contribution is 7.92. The highest BCUT2D eigenvalue weighted by Gasteiger charge is 2.25. The maximum Gasteiger partial charge on any atom is 0.262 e. The van der Waals surface area contributed by atoms with Crippen LogP contribution in [0.3, 0.4) is 0 Å². The number of benzene rings is 3. The molecule has 0 saturated carbocycles. The van der Waals surface area contributed by atoms with E-state index in [0.29, 0.717) is 10.7 Å². The summed E-state index contributed by atoms with van der Waals surface area (Å²) < 4.78 is 52.3. The van der Waals surface area contributed by atoms with Crippen molar-refractivity contribution in [3.63, 3.8) is 0 Å². The van der Waals surface area contributed by atoms with Crippen molar-refractivity contribution < 1.29 is 27.1 Å². The van der Waals surface area contributed by atoms with Crippen LogP contribution in [0.2, 0.25) is 5.02 Å². The maximum absolute atomic E-state index is 13.9. The van der Waals surface area contributed by atoms with Crippen molar-refractivity contribution in [3.05, 3.63) is 77.1 Å². The number of rotatable bonds is 7. The number of hydrogen-bond acceptors (Lipinski definition) is 5. The minimum atomic E-state index is -4.25. The minimum Gasteiger partial charge on any atom is -0.493 e. The van der Waals surface area contributed by atoms with Gasteiger partial charge in [-0.15, -0.1) is 0 Å². The number of nitrogens with one attached hydrogen (secondary N) is 2. The van der Waals surface area contributed by atoms with Crippen LogP contribution in [0, 0.1) is 5.82 Å². The molecular weight excluding hydrogens is 447 g/mol. The van der Waals surface area contributed by atoms with E-state index in [1.807, 2.05) is 0 Å². The Morgan fingerprint density at radius 3 is 2.29 bits per heavy atom. The van der Waals surface area contributed by atoms with Crippen molar-refractivity contribution in [1.82, 2.24) is 0 Å². The molecule has 7 nitrogen and oxygen atoms in total. The second-order valence-corrected chi connectivity index (χ2v) is 8.37. The average molecular weight is 465 g/mol. The first-order valence-corrected chi connectivity index (χ1v) is 10.7. The molecule has 0 aliphatic rings. The van der Waals surface area contributed by atoms with E-state index in [1.165, 1.54) is 38.5 Å². The average Bonchev–Trinajstić information content (AvgIpc) is 2.75. The number of para-hydroxylation sites is 1. The molecule has 0 spiro atoms. The van der Waals surface area contributed by atoms with E-state index in [0.717, 1.165) is 12.1 Å². The second kappa shape index (κ2) is 9.23. The maximum atomic E-state index is 13.9. The van der Waals surface area contributed by atoms with E-state index in [9.17, 15) is 17.6 Å². The van der Waals surface area contributed by atoms with Gasteiger partial charge in [-0.3, -0.25) is 9.52 Å². The predicted molar refractivity (Wildman–Crippen MR) is 116 cm³/mol. The molecule has 1 amide bonds. The molecule has 3 aromatic rings. The number of sulfonamides is 1. The Kier molecular flexibility index (Phi) is 6.67. The first-order valence-electron chi connectivity index (χ1n) is 8.85.